The van der Waals surface area contributed by atoms with E-state index in [-0.39, 0.29) is 18.4 Å². The molecule has 2 bridgehead atoms. The molecule has 4 rings (SSSR count). The second-order valence-corrected chi connectivity index (χ2v) is 11.7. The van der Waals surface area contributed by atoms with Gasteiger partial charge in [0.25, 0.3) is 5.91 Å². The van der Waals surface area contributed by atoms with E-state index < -0.39 is 35.6 Å². The van der Waals surface area contributed by atoms with Crippen LogP contribution in [0.4, 0.5) is 5.69 Å². The Bertz CT molecular complexity index is 1130. The minimum absolute atomic E-state index is 0.133. The van der Waals surface area contributed by atoms with Gasteiger partial charge < -0.3 is 24.4 Å². The lowest BCUT2D eigenvalue weighted by Gasteiger charge is -2.37. The van der Waals surface area contributed by atoms with E-state index in [2.05, 4.69) is 13.2 Å². The van der Waals surface area contributed by atoms with Crippen LogP contribution in [0.3, 0.4) is 0 Å². The minimum Gasteiger partial charge on any atom is -0.465 e. The number of rotatable bonds is 16. The Balaban J connectivity index is 1.65. The molecule has 0 saturated carbocycles. The molecule has 0 radical (unpaired) electrons. The summed E-state index contributed by atoms with van der Waals surface area (Å²) in [4.78, 5) is 45.6. The quantitative estimate of drug-likeness (QED) is 0.178. The van der Waals surface area contributed by atoms with Crippen LogP contribution in [0.15, 0.2) is 43.5 Å². The third-order valence-electron chi connectivity index (χ3n) is 8.89. The van der Waals surface area contributed by atoms with E-state index >= 15 is 0 Å². The highest BCUT2D eigenvalue weighted by molar-refractivity contribution is 6.05. The molecule has 2 amide bonds. The molecule has 2 unspecified atom stereocenters. The second-order valence-electron chi connectivity index (χ2n) is 11.7. The van der Waals surface area contributed by atoms with Crippen molar-refractivity contribution in [3.63, 3.8) is 0 Å². The molecule has 3 fully saturated rings. The monoisotopic (exact) mass is 566 g/mol. The third-order valence-corrected chi connectivity index (χ3v) is 8.89. The van der Waals surface area contributed by atoms with Gasteiger partial charge in [-0.15, -0.1) is 13.2 Å². The van der Waals surface area contributed by atoms with Crippen molar-refractivity contribution < 1.29 is 29.0 Å². The highest BCUT2D eigenvalue weighted by Crippen LogP contribution is 2.59. The van der Waals surface area contributed by atoms with Crippen LogP contribution in [0.2, 0.25) is 0 Å². The van der Waals surface area contributed by atoms with Crippen molar-refractivity contribution in [3.8, 4) is 0 Å². The van der Waals surface area contributed by atoms with Gasteiger partial charge in [-0.05, 0) is 76.0 Å². The first-order valence-electron chi connectivity index (χ1n) is 15.2. The zero-order valence-corrected chi connectivity index (χ0v) is 24.7. The molecule has 3 aliphatic rings. The highest BCUT2D eigenvalue weighted by Gasteiger charge is 2.75. The number of hydrogen-bond acceptors (Lipinski definition) is 6. The number of ether oxygens (including phenoxy) is 2. The molecule has 1 aromatic rings. The van der Waals surface area contributed by atoms with Crippen LogP contribution in [-0.4, -0.2) is 71.8 Å². The van der Waals surface area contributed by atoms with Crippen LogP contribution >= 0.6 is 0 Å². The fourth-order valence-corrected chi connectivity index (χ4v) is 6.94. The summed E-state index contributed by atoms with van der Waals surface area (Å²) < 4.78 is 12.2. The summed E-state index contributed by atoms with van der Waals surface area (Å²) in [7, 11) is 0. The van der Waals surface area contributed by atoms with E-state index in [4.69, 9.17) is 9.47 Å². The summed E-state index contributed by atoms with van der Waals surface area (Å²) >= 11 is 0. The molecule has 5 atom stereocenters. The molecule has 0 aliphatic carbocycles. The number of carbonyl (C=O) groups is 3. The second kappa shape index (κ2) is 13.8. The predicted octanol–water partition coefficient (Wildman–Crippen LogP) is 4.65. The van der Waals surface area contributed by atoms with Crippen LogP contribution in [0.1, 0.15) is 68.9 Å². The number of carbonyl (C=O) groups excluding carboxylic acids is 3. The third kappa shape index (κ3) is 6.14. The number of aliphatic hydroxyl groups excluding tert-OH is 1. The standard InChI is InChI=1S/C33H46N2O6/c1-5-7-8-13-21-40-32(39)27-26-16-17-33(41-26)28(27)30(37)35(19-11-9-10-12-20-36)29(33)31(38)34(18-6-2)25-22-23(3)14-15-24(25)4/h5-6,14-15,22,26-29,36H,1-2,7-13,16-21H2,3-4H3/t26-,27+,28-,29?,33?/m0/s1. The molecule has 3 heterocycles. The maximum atomic E-state index is 14.6. The lowest BCUT2D eigenvalue weighted by atomic mass is 9.70. The van der Waals surface area contributed by atoms with Gasteiger partial charge in [0, 0.05) is 25.4 Å². The van der Waals surface area contributed by atoms with Crippen molar-refractivity contribution in [2.45, 2.75) is 89.4 Å². The van der Waals surface area contributed by atoms with Crippen molar-refractivity contribution in [1.82, 2.24) is 4.90 Å². The van der Waals surface area contributed by atoms with Crippen molar-refractivity contribution in [1.29, 1.82) is 0 Å². The Morgan fingerprint density at radius 3 is 2.66 bits per heavy atom. The van der Waals surface area contributed by atoms with Crippen LogP contribution in [0.5, 0.6) is 0 Å². The molecule has 8 heteroatoms. The van der Waals surface area contributed by atoms with E-state index in [1.807, 2.05) is 38.1 Å². The van der Waals surface area contributed by atoms with E-state index in [1.54, 1.807) is 15.9 Å². The predicted molar refractivity (Wildman–Crippen MR) is 158 cm³/mol. The number of fused-ring (bicyclic) bond motifs is 1. The topological polar surface area (TPSA) is 96.4 Å². The van der Waals surface area contributed by atoms with E-state index in [9.17, 15) is 19.5 Å². The Morgan fingerprint density at radius 2 is 1.93 bits per heavy atom. The summed E-state index contributed by atoms with van der Waals surface area (Å²) in [5.74, 6) is -2.25. The molecular weight excluding hydrogens is 520 g/mol. The van der Waals surface area contributed by atoms with E-state index in [0.717, 1.165) is 48.9 Å². The van der Waals surface area contributed by atoms with Crippen LogP contribution in [-0.2, 0) is 23.9 Å². The largest absolute Gasteiger partial charge is 0.465 e. The highest BCUT2D eigenvalue weighted by atomic mass is 16.6. The Morgan fingerprint density at radius 1 is 1.15 bits per heavy atom. The molecule has 3 aliphatic heterocycles. The number of nitrogens with zero attached hydrogens (tertiary/aromatic N) is 2. The number of benzene rings is 1. The average molecular weight is 567 g/mol. The smallest absolute Gasteiger partial charge is 0.312 e. The summed E-state index contributed by atoms with van der Waals surface area (Å²) in [5, 5.41) is 9.17. The van der Waals surface area contributed by atoms with Gasteiger partial charge in [0.1, 0.15) is 11.6 Å². The molecule has 224 valence electrons. The van der Waals surface area contributed by atoms with Crippen LogP contribution in [0.25, 0.3) is 0 Å². The van der Waals surface area contributed by atoms with Gasteiger partial charge in [-0.2, -0.15) is 0 Å². The normalized spacial score (nSPS) is 26.2. The fourth-order valence-electron chi connectivity index (χ4n) is 6.94. The molecule has 41 heavy (non-hydrogen) atoms. The van der Waals surface area contributed by atoms with Gasteiger partial charge in [0.15, 0.2) is 0 Å². The van der Waals surface area contributed by atoms with Crippen LogP contribution < -0.4 is 4.90 Å². The van der Waals surface area contributed by atoms with Crippen LogP contribution in [0, 0.1) is 25.7 Å². The average Bonchev–Trinajstić information content (AvgIpc) is 3.60. The maximum Gasteiger partial charge on any atom is 0.312 e. The van der Waals surface area contributed by atoms with Gasteiger partial charge in [0.2, 0.25) is 5.91 Å². The number of amides is 2. The van der Waals surface area contributed by atoms with Crippen molar-refractivity contribution in [2.24, 2.45) is 11.8 Å². The van der Waals surface area contributed by atoms with Crippen molar-refractivity contribution in [3.05, 3.63) is 54.6 Å². The molecular formula is C33H46N2O6. The molecule has 1 N–H and O–H groups in total. The molecule has 0 aromatic heterocycles. The zero-order chi connectivity index (χ0) is 29.6. The number of esters is 1. The number of hydrogen-bond donors (Lipinski definition) is 1. The molecule has 1 spiro atoms. The van der Waals surface area contributed by atoms with Gasteiger partial charge in [-0.25, -0.2) is 0 Å². The lowest BCUT2D eigenvalue weighted by molar-refractivity contribution is -0.155. The Hall–Kier alpha value is -2.97. The van der Waals surface area contributed by atoms with Gasteiger partial charge in [-0.1, -0.05) is 37.1 Å². The van der Waals surface area contributed by atoms with E-state index in [1.165, 1.54) is 0 Å². The first-order valence-corrected chi connectivity index (χ1v) is 15.2. The SMILES string of the molecule is C=CCCCCOC(=O)[C@@H]1[C@@H]2CCC3(O2)C(C(=O)N(CC=C)c2cc(C)ccc2C)N(CCCCCCO)C(=O)[C@H]13. The minimum atomic E-state index is -1.06. The zero-order valence-electron chi connectivity index (χ0n) is 24.7. The maximum absolute atomic E-state index is 14.6. The number of aryl methyl sites for hydroxylation is 2. The first-order chi connectivity index (χ1) is 19.8. The number of likely N-dealkylation sites (tertiary alicyclic amines) is 1. The lowest BCUT2D eigenvalue weighted by Crippen LogP contribution is -2.56. The summed E-state index contributed by atoms with van der Waals surface area (Å²) in [6.07, 6.45) is 9.81. The summed E-state index contributed by atoms with van der Waals surface area (Å²) in [6, 6.07) is 5.15. The first kappa shape index (κ1) is 31.0. The summed E-state index contributed by atoms with van der Waals surface area (Å²) in [6.45, 7) is 12.7. The fraction of sp³-hybridized carbons (Fsp3) is 0.606. The summed E-state index contributed by atoms with van der Waals surface area (Å²) in [5.41, 5.74) is 1.70. The Kier molecular flexibility index (Phi) is 10.4. The Labute approximate surface area is 244 Å². The number of anilines is 1. The van der Waals surface area contributed by atoms with Crippen molar-refractivity contribution in [2.75, 3.05) is 31.2 Å². The molecule has 1 aromatic carbocycles. The molecule has 8 nitrogen and oxygen atoms in total. The van der Waals surface area contributed by atoms with E-state index in [0.29, 0.717) is 45.4 Å². The number of allylic oxidation sites excluding steroid dienone is 1. The van der Waals surface area contributed by atoms with Gasteiger partial charge in [-0.3, -0.25) is 14.4 Å². The van der Waals surface area contributed by atoms with Crippen molar-refractivity contribution >= 4 is 23.5 Å². The number of aliphatic hydroxyl groups is 1. The van der Waals surface area contributed by atoms with Gasteiger partial charge in [0.05, 0.1) is 24.5 Å². The van der Waals surface area contributed by atoms with Gasteiger partial charge >= 0.3 is 5.97 Å². The number of unbranched alkanes of at least 4 members (excludes halogenated alkanes) is 5. The molecule has 3 saturated heterocycles.